The van der Waals surface area contributed by atoms with Gasteiger partial charge in [0.15, 0.2) is 0 Å². The van der Waals surface area contributed by atoms with E-state index in [1.165, 1.54) is 0 Å². The second kappa shape index (κ2) is 6.72. The summed E-state index contributed by atoms with van der Waals surface area (Å²) >= 11 is 0. The fraction of sp³-hybridized carbons (Fsp3) is 0.348. The Bertz CT molecular complexity index is 1200. The lowest BCUT2D eigenvalue weighted by atomic mass is 10.2. The summed E-state index contributed by atoms with van der Waals surface area (Å²) in [4.78, 5) is 24.5. The molecule has 29 heavy (non-hydrogen) atoms. The Morgan fingerprint density at radius 1 is 1.10 bits per heavy atom. The number of carbonyl (C=O) groups is 1. The molecule has 6 nitrogen and oxygen atoms in total. The van der Waals surface area contributed by atoms with Crippen LogP contribution in [0.25, 0.3) is 27.9 Å². The van der Waals surface area contributed by atoms with Crippen molar-refractivity contribution in [2.45, 2.75) is 45.7 Å². The molecule has 1 fully saturated rings. The third kappa shape index (κ3) is 2.66. The second-order valence-electron chi connectivity index (χ2n) is 8.12. The summed E-state index contributed by atoms with van der Waals surface area (Å²) in [5, 5.41) is 1.11. The van der Waals surface area contributed by atoms with Crippen LogP contribution in [-0.2, 0) is 0 Å². The van der Waals surface area contributed by atoms with Crippen LogP contribution in [0.5, 0.6) is 0 Å². The van der Waals surface area contributed by atoms with E-state index in [4.69, 9.17) is 0 Å². The molecule has 0 bridgehead atoms. The van der Waals surface area contributed by atoms with Gasteiger partial charge in [0.1, 0.15) is 5.69 Å². The van der Waals surface area contributed by atoms with Gasteiger partial charge in [-0.25, -0.2) is 9.97 Å². The molecule has 0 radical (unpaired) electrons. The van der Waals surface area contributed by atoms with Crippen LogP contribution >= 0.6 is 0 Å². The summed E-state index contributed by atoms with van der Waals surface area (Å²) in [5.74, 6) is 0.586. The highest BCUT2D eigenvalue weighted by Crippen LogP contribution is 2.36. The van der Waals surface area contributed by atoms with E-state index in [9.17, 15) is 4.79 Å². The van der Waals surface area contributed by atoms with Gasteiger partial charge in [-0.15, -0.1) is 0 Å². The van der Waals surface area contributed by atoms with Gasteiger partial charge in [-0.2, -0.15) is 0 Å². The smallest absolute Gasteiger partial charge is 0.271 e. The molecule has 1 amide bonds. The maximum atomic E-state index is 13.6. The molecule has 6 heteroatoms. The molecule has 1 atom stereocenters. The van der Waals surface area contributed by atoms with Crippen molar-refractivity contribution in [1.82, 2.24) is 24.0 Å². The molecule has 0 N–H and O–H groups in total. The van der Waals surface area contributed by atoms with E-state index in [0.29, 0.717) is 11.6 Å². The third-order valence-corrected chi connectivity index (χ3v) is 5.96. The van der Waals surface area contributed by atoms with Crippen molar-refractivity contribution in [3.8, 4) is 5.95 Å². The first-order valence-electron chi connectivity index (χ1n) is 10.3. The first-order chi connectivity index (χ1) is 14.1. The van der Waals surface area contributed by atoms with E-state index in [1.807, 2.05) is 21.6 Å². The van der Waals surface area contributed by atoms with Gasteiger partial charge in [0.05, 0.1) is 16.6 Å². The number of para-hydroxylation sites is 1. The monoisotopic (exact) mass is 387 g/mol. The molecule has 5 rings (SSSR count). The van der Waals surface area contributed by atoms with Crippen LogP contribution in [0.3, 0.4) is 0 Å². The fourth-order valence-electron chi connectivity index (χ4n) is 4.66. The average Bonchev–Trinajstić information content (AvgIpc) is 3.40. The standard InChI is InChI=1S/C23H25N5O/c1-15(2)27-18-10-5-4-9-17(18)21-19(27)14-20(22(29)26-13-6-8-16(26)3)28(21)23-24-11-7-12-25-23/h4-5,7,9-12,14-16H,6,8,13H2,1-3H3. The molecule has 1 unspecified atom stereocenters. The van der Waals surface area contributed by atoms with Crippen LogP contribution in [0.15, 0.2) is 48.8 Å². The number of carbonyl (C=O) groups excluding carboxylic acids is 1. The van der Waals surface area contributed by atoms with Crippen molar-refractivity contribution in [1.29, 1.82) is 0 Å². The normalized spacial score (nSPS) is 17.1. The highest BCUT2D eigenvalue weighted by Gasteiger charge is 2.31. The number of nitrogens with zero attached hydrogens (tertiary/aromatic N) is 5. The van der Waals surface area contributed by atoms with Gasteiger partial charge in [0.2, 0.25) is 5.95 Å². The maximum absolute atomic E-state index is 13.6. The molecule has 1 aliphatic heterocycles. The van der Waals surface area contributed by atoms with Gasteiger partial charge in [-0.05, 0) is 51.8 Å². The van der Waals surface area contributed by atoms with E-state index in [0.717, 1.165) is 41.3 Å². The number of benzene rings is 1. The van der Waals surface area contributed by atoms with Gasteiger partial charge in [-0.1, -0.05) is 18.2 Å². The van der Waals surface area contributed by atoms with E-state index < -0.39 is 0 Å². The van der Waals surface area contributed by atoms with Gasteiger partial charge in [0.25, 0.3) is 5.91 Å². The largest absolute Gasteiger partial charge is 0.337 e. The van der Waals surface area contributed by atoms with Crippen LogP contribution in [-0.4, -0.2) is 42.5 Å². The maximum Gasteiger partial charge on any atom is 0.271 e. The Morgan fingerprint density at radius 2 is 1.86 bits per heavy atom. The van der Waals surface area contributed by atoms with E-state index in [2.05, 4.69) is 53.5 Å². The van der Waals surface area contributed by atoms with Crippen molar-refractivity contribution in [2.75, 3.05) is 6.54 Å². The summed E-state index contributed by atoms with van der Waals surface area (Å²) in [6.07, 6.45) is 5.55. The molecule has 1 saturated heterocycles. The van der Waals surface area contributed by atoms with Gasteiger partial charge >= 0.3 is 0 Å². The SMILES string of the molecule is CC1CCCN1C(=O)c1cc2c(c3ccccc3n2C(C)C)n1-c1ncccn1. The molecule has 1 aliphatic rings. The Morgan fingerprint density at radius 3 is 2.55 bits per heavy atom. The summed E-state index contributed by atoms with van der Waals surface area (Å²) in [6, 6.07) is 12.7. The minimum absolute atomic E-state index is 0.0537. The van der Waals surface area contributed by atoms with Crippen LogP contribution < -0.4 is 0 Å². The second-order valence-corrected chi connectivity index (χ2v) is 8.12. The predicted molar refractivity (Wildman–Crippen MR) is 114 cm³/mol. The number of rotatable bonds is 3. The summed E-state index contributed by atoms with van der Waals surface area (Å²) in [5.41, 5.74) is 3.83. The predicted octanol–water partition coefficient (Wildman–Crippen LogP) is 4.58. The molecule has 1 aromatic carbocycles. The van der Waals surface area contributed by atoms with Gasteiger partial charge < -0.3 is 9.47 Å². The quantitative estimate of drug-likeness (QED) is 0.517. The Labute approximate surface area is 169 Å². The first kappa shape index (κ1) is 17.9. The Hall–Kier alpha value is -3.15. The van der Waals surface area contributed by atoms with Crippen molar-refractivity contribution in [2.24, 2.45) is 0 Å². The van der Waals surface area contributed by atoms with E-state index >= 15 is 0 Å². The Balaban J connectivity index is 1.86. The number of aromatic nitrogens is 4. The molecular formula is C23H25N5O. The lowest BCUT2D eigenvalue weighted by Crippen LogP contribution is -2.35. The van der Waals surface area contributed by atoms with Crippen molar-refractivity contribution < 1.29 is 4.79 Å². The molecule has 0 spiro atoms. The molecule has 148 valence electrons. The first-order valence-corrected chi connectivity index (χ1v) is 10.3. The minimum Gasteiger partial charge on any atom is -0.337 e. The molecular weight excluding hydrogens is 362 g/mol. The van der Waals surface area contributed by atoms with Gasteiger partial charge in [0, 0.05) is 36.4 Å². The lowest BCUT2D eigenvalue weighted by molar-refractivity contribution is 0.0739. The number of fused-ring (bicyclic) bond motifs is 3. The number of likely N-dealkylation sites (tertiary alicyclic amines) is 1. The molecule has 0 aliphatic carbocycles. The topological polar surface area (TPSA) is 56.0 Å². The molecule has 4 heterocycles. The zero-order valence-corrected chi connectivity index (χ0v) is 17.0. The summed E-state index contributed by atoms with van der Waals surface area (Å²) in [7, 11) is 0. The van der Waals surface area contributed by atoms with E-state index in [1.54, 1.807) is 18.5 Å². The number of amides is 1. The van der Waals surface area contributed by atoms with Crippen LogP contribution in [0.1, 0.15) is 50.1 Å². The van der Waals surface area contributed by atoms with Gasteiger partial charge in [-0.3, -0.25) is 9.36 Å². The summed E-state index contributed by atoms with van der Waals surface area (Å²) < 4.78 is 4.25. The average molecular weight is 387 g/mol. The summed E-state index contributed by atoms with van der Waals surface area (Å²) in [6.45, 7) is 7.27. The van der Waals surface area contributed by atoms with Crippen molar-refractivity contribution in [3.05, 3.63) is 54.5 Å². The van der Waals surface area contributed by atoms with E-state index in [-0.39, 0.29) is 18.0 Å². The molecule has 4 aromatic rings. The lowest BCUT2D eigenvalue weighted by Gasteiger charge is -2.22. The Kier molecular flexibility index (Phi) is 4.15. The molecule has 0 saturated carbocycles. The zero-order chi connectivity index (χ0) is 20.1. The van der Waals surface area contributed by atoms with Crippen molar-refractivity contribution in [3.63, 3.8) is 0 Å². The third-order valence-electron chi connectivity index (χ3n) is 5.96. The van der Waals surface area contributed by atoms with Crippen LogP contribution in [0.2, 0.25) is 0 Å². The number of hydrogen-bond donors (Lipinski definition) is 0. The molecule has 3 aromatic heterocycles. The fourth-order valence-corrected chi connectivity index (χ4v) is 4.66. The van der Waals surface area contributed by atoms with Crippen molar-refractivity contribution >= 4 is 27.8 Å². The highest BCUT2D eigenvalue weighted by molar-refractivity contribution is 6.11. The van der Waals surface area contributed by atoms with Crippen LogP contribution in [0, 0.1) is 0 Å². The highest BCUT2D eigenvalue weighted by atomic mass is 16.2. The zero-order valence-electron chi connectivity index (χ0n) is 17.0. The number of hydrogen-bond acceptors (Lipinski definition) is 3. The minimum atomic E-state index is 0.0537. The van der Waals surface area contributed by atoms with Crippen LogP contribution in [0.4, 0.5) is 0 Å².